The highest BCUT2D eigenvalue weighted by molar-refractivity contribution is 5.87. The molecule has 18 heavy (non-hydrogen) atoms. The topological polar surface area (TPSA) is 116 Å². The van der Waals surface area contributed by atoms with Crippen molar-refractivity contribution in [2.24, 2.45) is 11.7 Å². The fraction of sp³-hybridized carbons (Fsp3) is 0.818. The number of hydrogen-bond acceptors (Lipinski definition) is 5. The third-order valence-electron chi connectivity index (χ3n) is 2.53. The smallest absolute Gasteiger partial charge is 0.242 e. The highest BCUT2D eigenvalue weighted by Crippen LogP contribution is 1.97. The van der Waals surface area contributed by atoms with Crippen LogP contribution in [0.4, 0.5) is 0 Å². The molecule has 0 spiro atoms. The molecule has 0 unspecified atom stereocenters. The van der Waals surface area contributed by atoms with Gasteiger partial charge in [0.1, 0.15) is 0 Å². The SMILES string of the molecule is CC(C)[C@H](N)C(=O)NCC(=O)N(CCO)CCO. The molecule has 0 saturated heterocycles. The summed E-state index contributed by atoms with van der Waals surface area (Å²) in [5.41, 5.74) is 5.62. The summed E-state index contributed by atoms with van der Waals surface area (Å²) in [6.45, 7) is 3.33. The zero-order valence-electron chi connectivity index (χ0n) is 10.9. The van der Waals surface area contributed by atoms with Crippen LogP contribution in [0, 0.1) is 5.92 Å². The Labute approximate surface area is 107 Å². The summed E-state index contributed by atoms with van der Waals surface area (Å²) in [5, 5.41) is 20.0. The van der Waals surface area contributed by atoms with Gasteiger partial charge in [-0.25, -0.2) is 0 Å². The van der Waals surface area contributed by atoms with Gasteiger partial charge >= 0.3 is 0 Å². The van der Waals surface area contributed by atoms with Crippen molar-refractivity contribution in [2.75, 3.05) is 32.8 Å². The Hall–Kier alpha value is -1.18. The first kappa shape index (κ1) is 16.8. The van der Waals surface area contributed by atoms with E-state index >= 15 is 0 Å². The second-order valence-electron chi connectivity index (χ2n) is 4.32. The van der Waals surface area contributed by atoms with E-state index in [4.69, 9.17) is 15.9 Å². The number of carbonyl (C=O) groups is 2. The minimum Gasteiger partial charge on any atom is -0.395 e. The molecule has 0 rings (SSSR count). The average molecular weight is 261 g/mol. The Balaban J connectivity index is 4.18. The molecule has 5 N–H and O–H groups in total. The van der Waals surface area contributed by atoms with E-state index in [1.807, 2.05) is 13.8 Å². The predicted molar refractivity (Wildman–Crippen MR) is 66.6 cm³/mol. The minimum absolute atomic E-state index is 0.00825. The zero-order valence-corrected chi connectivity index (χ0v) is 10.9. The third-order valence-corrected chi connectivity index (χ3v) is 2.53. The van der Waals surface area contributed by atoms with Crippen molar-refractivity contribution < 1.29 is 19.8 Å². The van der Waals surface area contributed by atoms with Crippen LogP contribution < -0.4 is 11.1 Å². The summed E-state index contributed by atoms with van der Waals surface area (Å²) in [4.78, 5) is 24.5. The maximum Gasteiger partial charge on any atom is 0.242 e. The lowest BCUT2D eigenvalue weighted by Gasteiger charge is -2.21. The first-order valence-electron chi connectivity index (χ1n) is 5.96. The first-order valence-corrected chi connectivity index (χ1v) is 5.96. The summed E-state index contributed by atoms with van der Waals surface area (Å²) in [7, 11) is 0. The second-order valence-corrected chi connectivity index (χ2v) is 4.32. The standard InChI is InChI=1S/C11H23N3O4/c1-8(2)10(12)11(18)13-7-9(17)14(3-5-15)4-6-16/h8,10,15-16H,3-7,12H2,1-2H3,(H,13,18)/t10-/m0/s1. The molecule has 0 aliphatic rings. The van der Waals surface area contributed by atoms with Gasteiger partial charge in [-0.2, -0.15) is 0 Å². The molecule has 0 fully saturated rings. The van der Waals surface area contributed by atoms with Gasteiger partial charge in [0.15, 0.2) is 0 Å². The maximum absolute atomic E-state index is 11.7. The summed E-state index contributed by atoms with van der Waals surface area (Å²) in [6.07, 6.45) is 0. The van der Waals surface area contributed by atoms with E-state index in [0.717, 1.165) is 0 Å². The van der Waals surface area contributed by atoms with Gasteiger partial charge in [0, 0.05) is 13.1 Å². The fourth-order valence-electron chi connectivity index (χ4n) is 1.30. The molecule has 0 heterocycles. The van der Waals surface area contributed by atoms with Crippen LogP contribution in [0.5, 0.6) is 0 Å². The average Bonchev–Trinajstić information content (AvgIpc) is 2.34. The van der Waals surface area contributed by atoms with Crippen molar-refractivity contribution in [3.05, 3.63) is 0 Å². The van der Waals surface area contributed by atoms with E-state index in [1.165, 1.54) is 4.90 Å². The van der Waals surface area contributed by atoms with Gasteiger partial charge in [0.25, 0.3) is 0 Å². The van der Waals surface area contributed by atoms with Crippen LogP contribution in [0.1, 0.15) is 13.8 Å². The van der Waals surface area contributed by atoms with Gasteiger partial charge in [0.2, 0.25) is 11.8 Å². The van der Waals surface area contributed by atoms with Crippen LogP contribution in [0.15, 0.2) is 0 Å². The number of amides is 2. The molecule has 0 aromatic rings. The molecule has 1 atom stereocenters. The third kappa shape index (κ3) is 5.95. The molecular weight excluding hydrogens is 238 g/mol. The van der Waals surface area contributed by atoms with Crippen molar-refractivity contribution in [3.8, 4) is 0 Å². The van der Waals surface area contributed by atoms with E-state index in [-0.39, 0.29) is 50.6 Å². The van der Waals surface area contributed by atoms with Crippen molar-refractivity contribution >= 4 is 11.8 Å². The lowest BCUT2D eigenvalue weighted by molar-refractivity contribution is -0.134. The Morgan fingerprint density at radius 2 is 1.72 bits per heavy atom. The molecule has 0 radical (unpaired) electrons. The van der Waals surface area contributed by atoms with E-state index in [2.05, 4.69) is 5.32 Å². The highest BCUT2D eigenvalue weighted by atomic mass is 16.3. The van der Waals surface area contributed by atoms with Crippen molar-refractivity contribution in [1.29, 1.82) is 0 Å². The first-order chi connectivity index (χ1) is 8.43. The van der Waals surface area contributed by atoms with Crippen LogP contribution in [-0.4, -0.2) is 65.8 Å². The minimum atomic E-state index is -0.651. The Bertz CT molecular complexity index is 265. The molecule has 7 nitrogen and oxygen atoms in total. The van der Waals surface area contributed by atoms with E-state index in [1.54, 1.807) is 0 Å². The van der Waals surface area contributed by atoms with Crippen molar-refractivity contribution in [2.45, 2.75) is 19.9 Å². The predicted octanol–water partition coefficient (Wildman–Crippen LogP) is -2.10. The van der Waals surface area contributed by atoms with Gasteiger partial charge in [-0.05, 0) is 5.92 Å². The lowest BCUT2D eigenvalue weighted by atomic mass is 10.1. The summed E-state index contributed by atoms with van der Waals surface area (Å²) < 4.78 is 0. The number of aliphatic hydroxyl groups excluding tert-OH is 2. The van der Waals surface area contributed by atoms with Crippen molar-refractivity contribution in [1.82, 2.24) is 10.2 Å². The maximum atomic E-state index is 11.7. The van der Waals surface area contributed by atoms with Crippen LogP contribution in [-0.2, 0) is 9.59 Å². The second kappa shape index (κ2) is 8.84. The monoisotopic (exact) mass is 261 g/mol. The number of aliphatic hydroxyl groups is 2. The van der Waals surface area contributed by atoms with Crippen LogP contribution >= 0.6 is 0 Å². The van der Waals surface area contributed by atoms with Crippen LogP contribution in [0.2, 0.25) is 0 Å². The number of nitrogens with one attached hydrogen (secondary N) is 1. The van der Waals surface area contributed by atoms with Crippen molar-refractivity contribution in [3.63, 3.8) is 0 Å². The van der Waals surface area contributed by atoms with E-state index in [0.29, 0.717) is 0 Å². The number of rotatable bonds is 8. The number of nitrogens with two attached hydrogens (primary N) is 1. The van der Waals surface area contributed by atoms with Crippen LogP contribution in [0.3, 0.4) is 0 Å². The zero-order chi connectivity index (χ0) is 14.1. The Kier molecular flexibility index (Phi) is 8.27. The van der Waals surface area contributed by atoms with Gasteiger partial charge < -0.3 is 26.2 Å². The molecule has 7 heteroatoms. The van der Waals surface area contributed by atoms with E-state index in [9.17, 15) is 9.59 Å². The quantitative estimate of drug-likeness (QED) is 0.399. The molecule has 0 aliphatic heterocycles. The summed E-state index contributed by atoms with van der Waals surface area (Å²) >= 11 is 0. The molecule has 0 aliphatic carbocycles. The summed E-state index contributed by atoms with van der Waals surface area (Å²) in [5.74, 6) is -0.750. The Morgan fingerprint density at radius 1 is 1.22 bits per heavy atom. The molecule has 2 amide bonds. The molecule has 106 valence electrons. The van der Waals surface area contributed by atoms with Gasteiger partial charge in [0.05, 0.1) is 25.8 Å². The summed E-state index contributed by atoms with van der Waals surface area (Å²) in [6, 6.07) is -0.651. The number of carbonyl (C=O) groups excluding carboxylic acids is 2. The fourth-order valence-corrected chi connectivity index (χ4v) is 1.30. The van der Waals surface area contributed by atoms with Crippen LogP contribution in [0.25, 0.3) is 0 Å². The van der Waals surface area contributed by atoms with E-state index < -0.39 is 6.04 Å². The van der Waals surface area contributed by atoms with Gasteiger partial charge in [-0.15, -0.1) is 0 Å². The molecular formula is C11H23N3O4. The molecule has 0 aromatic carbocycles. The molecule has 0 saturated carbocycles. The Morgan fingerprint density at radius 3 is 2.11 bits per heavy atom. The largest absolute Gasteiger partial charge is 0.395 e. The van der Waals surface area contributed by atoms with Gasteiger partial charge in [-0.3, -0.25) is 9.59 Å². The molecule has 0 aromatic heterocycles. The molecule has 0 bridgehead atoms. The van der Waals surface area contributed by atoms with Gasteiger partial charge in [-0.1, -0.05) is 13.8 Å². The number of hydrogen-bond donors (Lipinski definition) is 4. The number of nitrogens with zero attached hydrogens (tertiary/aromatic N) is 1. The highest BCUT2D eigenvalue weighted by Gasteiger charge is 2.19. The normalized spacial score (nSPS) is 12.3. The lowest BCUT2D eigenvalue weighted by Crippen LogP contribution is -2.48.